The Balaban J connectivity index is 2.17. The van der Waals surface area contributed by atoms with Gasteiger partial charge in [-0.05, 0) is 31.4 Å². The second-order valence-electron chi connectivity index (χ2n) is 4.51. The molecule has 0 bridgehead atoms. The van der Waals surface area contributed by atoms with Crippen molar-refractivity contribution in [2.24, 2.45) is 0 Å². The SMILES string of the molecule is CCc1ccccc1CNc1nc(C)c(C)nc1Cl. The molecule has 0 spiro atoms. The van der Waals surface area contributed by atoms with E-state index in [1.54, 1.807) is 0 Å². The van der Waals surface area contributed by atoms with Crippen molar-refractivity contribution in [3.05, 3.63) is 51.9 Å². The quantitative estimate of drug-likeness (QED) is 0.919. The number of aromatic nitrogens is 2. The average Bonchev–Trinajstić information content (AvgIpc) is 2.41. The van der Waals surface area contributed by atoms with Gasteiger partial charge in [-0.2, -0.15) is 0 Å². The summed E-state index contributed by atoms with van der Waals surface area (Å²) in [6.07, 6.45) is 1.02. The van der Waals surface area contributed by atoms with Gasteiger partial charge >= 0.3 is 0 Å². The molecule has 0 aliphatic rings. The summed E-state index contributed by atoms with van der Waals surface area (Å²) < 4.78 is 0. The lowest BCUT2D eigenvalue weighted by Crippen LogP contribution is -2.07. The number of nitrogens with zero attached hydrogens (tertiary/aromatic N) is 2. The van der Waals surface area contributed by atoms with Gasteiger partial charge < -0.3 is 5.32 Å². The Bertz CT molecular complexity index is 582. The molecule has 100 valence electrons. The van der Waals surface area contributed by atoms with E-state index in [0.717, 1.165) is 17.8 Å². The molecular weight excluding hydrogens is 258 g/mol. The summed E-state index contributed by atoms with van der Waals surface area (Å²) in [5.41, 5.74) is 4.36. The lowest BCUT2D eigenvalue weighted by Gasteiger charge is -2.11. The minimum Gasteiger partial charge on any atom is -0.363 e. The van der Waals surface area contributed by atoms with Crippen molar-refractivity contribution in [1.82, 2.24) is 9.97 Å². The molecule has 1 N–H and O–H groups in total. The highest BCUT2D eigenvalue weighted by Crippen LogP contribution is 2.20. The van der Waals surface area contributed by atoms with Crippen molar-refractivity contribution >= 4 is 17.4 Å². The zero-order valence-corrected chi connectivity index (χ0v) is 12.3. The van der Waals surface area contributed by atoms with Gasteiger partial charge in [0.15, 0.2) is 11.0 Å². The van der Waals surface area contributed by atoms with Crippen molar-refractivity contribution in [1.29, 1.82) is 0 Å². The third-order valence-electron chi connectivity index (χ3n) is 3.21. The van der Waals surface area contributed by atoms with E-state index in [-0.39, 0.29) is 0 Å². The normalized spacial score (nSPS) is 10.5. The zero-order chi connectivity index (χ0) is 13.8. The maximum atomic E-state index is 6.11. The van der Waals surface area contributed by atoms with E-state index in [0.29, 0.717) is 17.5 Å². The molecule has 1 aromatic carbocycles. The summed E-state index contributed by atoms with van der Waals surface area (Å²) in [5, 5.41) is 3.69. The van der Waals surface area contributed by atoms with Gasteiger partial charge in [0.1, 0.15) is 0 Å². The first-order valence-corrected chi connectivity index (χ1v) is 6.81. The second-order valence-corrected chi connectivity index (χ2v) is 4.87. The minimum absolute atomic E-state index is 0.428. The van der Waals surface area contributed by atoms with Crippen LogP contribution in [0.1, 0.15) is 29.4 Å². The van der Waals surface area contributed by atoms with Gasteiger partial charge in [-0.15, -0.1) is 0 Å². The first-order chi connectivity index (χ1) is 9.11. The van der Waals surface area contributed by atoms with Crippen LogP contribution < -0.4 is 5.32 Å². The van der Waals surface area contributed by atoms with Gasteiger partial charge in [0.25, 0.3) is 0 Å². The van der Waals surface area contributed by atoms with Crippen LogP contribution in [0.15, 0.2) is 24.3 Å². The molecule has 0 fully saturated rings. The standard InChI is InChI=1S/C15H18ClN3/c1-4-12-7-5-6-8-13(12)9-17-15-14(16)18-10(2)11(3)19-15/h5-8H,4,9H2,1-3H3,(H,17,19). The van der Waals surface area contributed by atoms with E-state index in [4.69, 9.17) is 11.6 Å². The van der Waals surface area contributed by atoms with E-state index in [9.17, 15) is 0 Å². The summed E-state index contributed by atoms with van der Waals surface area (Å²) in [5.74, 6) is 0.649. The molecule has 3 nitrogen and oxygen atoms in total. The topological polar surface area (TPSA) is 37.8 Å². The largest absolute Gasteiger partial charge is 0.363 e. The molecular formula is C15H18ClN3. The van der Waals surface area contributed by atoms with E-state index in [1.165, 1.54) is 11.1 Å². The van der Waals surface area contributed by atoms with Crippen molar-refractivity contribution in [2.45, 2.75) is 33.7 Å². The number of halogens is 1. The Hall–Kier alpha value is -1.61. The molecule has 0 aliphatic carbocycles. The van der Waals surface area contributed by atoms with Gasteiger partial charge in [0.2, 0.25) is 0 Å². The molecule has 0 saturated heterocycles. The smallest absolute Gasteiger partial charge is 0.171 e. The average molecular weight is 276 g/mol. The molecule has 1 aromatic heterocycles. The van der Waals surface area contributed by atoms with Crippen molar-refractivity contribution in [3.63, 3.8) is 0 Å². The van der Waals surface area contributed by atoms with Gasteiger partial charge in [-0.1, -0.05) is 42.8 Å². The van der Waals surface area contributed by atoms with Crippen LogP contribution in [0.25, 0.3) is 0 Å². The Morgan fingerprint density at radius 1 is 1.05 bits per heavy atom. The highest BCUT2D eigenvalue weighted by molar-refractivity contribution is 6.31. The number of anilines is 1. The molecule has 2 rings (SSSR count). The maximum absolute atomic E-state index is 6.11. The predicted octanol–water partition coefficient (Wildman–Crippen LogP) is 3.92. The summed E-state index contributed by atoms with van der Waals surface area (Å²) >= 11 is 6.11. The number of benzene rings is 1. The zero-order valence-electron chi connectivity index (χ0n) is 11.5. The number of hydrogen-bond donors (Lipinski definition) is 1. The molecule has 1 heterocycles. The molecule has 0 atom stereocenters. The van der Waals surface area contributed by atoms with Crippen molar-refractivity contribution in [2.75, 3.05) is 5.32 Å². The Morgan fingerprint density at radius 3 is 2.37 bits per heavy atom. The fourth-order valence-electron chi connectivity index (χ4n) is 1.94. The van der Waals surface area contributed by atoms with Crippen LogP contribution in [0.5, 0.6) is 0 Å². The summed E-state index contributed by atoms with van der Waals surface area (Å²) in [6, 6.07) is 8.37. The van der Waals surface area contributed by atoms with E-state index >= 15 is 0 Å². The van der Waals surface area contributed by atoms with Gasteiger partial charge in [0, 0.05) is 6.54 Å². The molecule has 0 saturated carbocycles. The van der Waals surface area contributed by atoms with E-state index in [1.807, 2.05) is 19.9 Å². The number of rotatable bonds is 4. The molecule has 0 radical (unpaired) electrons. The second kappa shape index (κ2) is 6.02. The first-order valence-electron chi connectivity index (χ1n) is 6.43. The van der Waals surface area contributed by atoms with Gasteiger partial charge in [-0.3, -0.25) is 0 Å². The molecule has 0 unspecified atom stereocenters. The molecule has 4 heteroatoms. The monoisotopic (exact) mass is 275 g/mol. The third-order valence-corrected chi connectivity index (χ3v) is 3.47. The van der Waals surface area contributed by atoms with Crippen molar-refractivity contribution < 1.29 is 0 Å². The number of aryl methyl sites for hydroxylation is 3. The predicted molar refractivity (Wildman–Crippen MR) is 79.7 cm³/mol. The van der Waals surface area contributed by atoms with Crippen LogP contribution in [0.3, 0.4) is 0 Å². The Kier molecular flexibility index (Phi) is 4.38. The molecule has 0 amide bonds. The van der Waals surface area contributed by atoms with Crippen LogP contribution in [-0.2, 0) is 13.0 Å². The van der Waals surface area contributed by atoms with Crippen molar-refractivity contribution in [3.8, 4) is 0 Å². The lowest BCUT2D eigenvalue weighted by molar-refractivity contribution is 0.997. The summed E-state index contributed by atoms with van der Waals surface area (Å²) in [4.78, 5) is 8.71. The fraction of sp³-hybridized carbons (Fsp3) is 0.333. The summed E-state index contributed by atoms with van der Waals surface area (Å²) in [6.45, 7) is 6.71. The molecule has 2 aromatic rings. The number of nitrogens with one attached hydrogen (secondary N) is 1. The molecule has 19 heavy (non-hydrogen) atoms. The van der Waals surface area contributed by atoms with E-state index < -0.39 is 0 Å². The Morgan fingerprint density at radius 2 is 1.68 bits per heavy atom. The van der Waals surface area contributed by atoms with Gasteiger partial charge in [0.05, 0.1) is 11.4 Å². The highest BCUT2D eigenvalue weighted by atomic mass is 35.5. The number of hydrogen-bond acceptors (Lipinski definition) is 3. The van der Waals surface area contributed by atoms with Crippen LogP contribution in [0.4, 0.5) is 5.82 Å². The van der Waals surface area contributed by atoms with Gasteiger partial charge in [-0.25, -0.2) is 9.97 Å². The van der Waals surface area contributed by atoms with Crippen LogP contribution >= 0.6 is 11.6 Å². The maximum Gasteiger partial charge on any atom is 0.171 e. The Labute approximate surface area is 119 Å². The van der Waals surface area contributed by atoms with Crippen LogP contribution in [-0.4, -0.2) is 9.97 Å². The van der Waals surface area contributed by atoms with Crippen LogP contribution in [0, 0.1) is 13.8 Å². The van der Waals surface area contributed by atoms with Crippen LogP contribution in [0.2, 0.25) is 5.15 Å². The minimum atomic E-state index is 0.428. The van der Waals surface area contributed by atoms with E-state index in [2.05, 4.69) is 40.4 Å². The first kappa shape index (κ1) is 13.8. The third kappa shape index (κ3) is 3.24. The highest BCUT2D eigenvalue weighted by Gasteiger charge is 2.07. The fourth-order valence-corrected chi connectivity index (χ4v) is 2.18. The molecule has 0 aliphatic heterocycles. The lowest BCUT2D eigenvalue weighted by atomic mass is 10.1. The summed E-state index contributed by atoms with van der Waals surface area (Å²) in [7, 11) is 0.